The first kappa shape index (κ1) is 11.5. The van der Waals surface area contributed by atoms with Crippen molar-refractivity contribution in [1.82, 2.24) is 4.90 Å². The Morgan fingerprint density at radius 3 is 2.83 bits per heavy atom. The van der Waals surface area contributed by atoms with Crippen molar-refractivity contribution in [3.8, 4) is 0 Å². The molecule has 1 saturated heterocycles. The zero-order valence-electron chi connectivity index (χ0n) is 6.60. The van der Waals surface area contributed by atoms with Crippen molar-refractivity contribution in [2.45, 2.75) is 6.04 Å². The van der Waals surface area contributed by atoms with Crippen LogP contribution in [0.5, 0.6) is 0 Å². The molecule has 0 radical (unpaired) electrons. The molecule has 5 nitrogen and oxygen atoms in total. The number of hydrogen-bond donors (Lipinski definition) is 2. The summed E-state index contributed by atoms with van der Waals surface area (Å²) >= 11 is 0. The van der Waals surface area contributed by atoms with Crippen LogP contribution in [0.1, 0.15) is 0 Å². The van der Waals surface area contributed by atoms with Crippen LogP contribution in [0.3, 0.4) is 0 Å². The molecular weight excluding hydrogens is 184 g/mol. The van der Waals surface area contributed by atoms with Crippen LogP contribution in [0.4, 0.5) is 4.79 Å². The van der Waals surface area contributed by atoms with E-state index < -0.39 is 6.09 Å². The fraction of sp³-hybridized carbons (Fsp3) is 0.833. The second kappa shape index (κ2) is 5.18. The topological polar surface area (TPSA) is 75.8 Å². The molecule has 1 atom stereocenters. The Morgan fingerprint density at radius 2 is 2.42 bits per heavy atom. The molecule has 1 heterocycles. The maximum absolute atomic E-state index is 10.5. The third-order valence-corrected chi connectivity index (χ3v) is 1.75. The average molecular weight is 197 g/mol. The molecule has 72 valence electrons. The summed E-state index contributed by atoms with van der Waals surface area (Å²) in [6, 6.07) is -0.166. The lowest BCUT2D eigenvalue weighted by Gasteiger charge is -2.32. The first-order chi connectivity index (χ1) is 5.25. The van der Waals surface area contributed by atoms with Gasteiger partial charge in [-0.05, 0) is 0 Å². The van der Waals surface area contributed by atoms with Crippen molar-refractivity contribution >= 4 is 18.5 Å². The maximum Gasteiger partial charge on any atom is 0.407 e. The third kappa shape index (κ3) is 2.51. The van der Waals surface area contributed by atoms with Gasteiger partial charge in [0, 0.05) is 13.1 Å². The molecule has 1 amide bonds. The standard InChI is InChI=1S/C6H12N2O3.ClH/c7-3-5-4-11-2-1-8(5)6(9)10;/h5H,1-4,7H2,(H,9,10);1H. The van der Waals surface area contributed by atoms with E-state index in [9.17, 15) is 4.79 Å². The Bertz CT molecular complexity index is 156. The predicted octanol–water partition coefficient (Wildman–Crippen LogP) is -0.254. The van der Waals surface area contributed by atoms with Gasteiger partial charge in [0.05, 0.1) is 19.3 Å². The molecular formula is C6H13ClN2O3. The number of carboxylic acid groups (broad SMARTS) is 1. The molecule has 0 aliphatic carbocycles. The van der Waals surface area contributed by atoms with E-state index >= 15 is 0 Å². The number of amides is 1. The molecule has 12 heavy (non-hydrogen) atoms. The summed E-state index contributed by atoms with van der Waals surface area (Å²) in [7, 11) is 0. The second-order valence-corrected chi connectivity index (χ2v) is 2.44. The van der Waals surface area contributed by atoms with Gasteiger partial charge in [-0.3, -0.25) is 4.90 Å². The van der Waals surface area contributed by atoms with Crippen LogP contribution >= 0.6 is 12.4 Å². The van der Waals surface area contributed by atoms with E-state index in [1.54, 1.807) is 0 Å². The average Bonchev–Trinajstić information content (AvgIpc) is 2.04. The monoisotopic (exact) mass is 196 g/mol. The van der Waals surface area contributed by atoms with Crippen molar-refractivity contribution in [1.29, 1.82) is 0 Å². The highest BCUT2D eigenvalue weighted by molar-refractivity contribution is 5.85. The molecule has 1 fully saturated rings. The molecule has 0 bridgehead atoms. The van der Waals surface area contributed by atoms with Gasteiger partial charge < -0.3 is 15.6 Å². The summed E-state index contributed by atoms with van der Waals surface area (Å²) in [6.07, 6.45) is -0.913. The van der Waals surface area contributed by atoms with E-state index in [0.29, 0.717) is 26.3 Å². The zero-order chi connectivity index (χ0) is 8.27. The molecule has 1 aliphatic heterocycles. The van der Waals surface area contributed by atoms with E-state index in [4.69, 9.17) is 15.6 Å². The molecule has 0 aromatic heterocycles. The highest BCUT2D eigenvalue weighted by Gasteiger charge is 2.25. The van der Waals surface area contributed by atoms with Crippen LogP contribution in [0, 0.1) is 0 Å². The summed E-state index contributed by atoms with van der Waals surface area (Å²) in [6.45, 7) is 1.65. The van der Waals surface area contributed by atoms with Crippen LogP contribution in [0.15, 0.2) is 0 Å². The quantitative estimate of drug-likeness (QED) is 0.606. The molecule has 0 aromatic carbocycles. The number of nitrogens with zero attached hydrogens (tertiary/aromatic N) is 1. The number of hydrogen-bond acceptors (Lipinski definition) is 3. The van der Waals surface area contributed by atoms with E-state index in [-0.39, 0.29) is 18.4 Å². The molecule has 1 rings (SSSR count). The van der Waals surface area contributed by atoms with E-state index in [0.717, 1.165) is 0 Å². The number of ether oxygens (including phenoxy) is 1. The number of carbonyl (C=O) groups is 1. The first-order valence-corrected chi connectivity index (χ1v) is 3.53. The van der Waals surface area contributed by atoms with Crippen LogP contribution in [-0.2, 0) is 4.74 Å². The molecule has 0 spiro atoms. The van der Waals surface area contributed by atoms with Gasteiger partial charge in [-0.25, -0.2) is 4.79 Å². The fourth-order valence-corrected chi connectivity index (χ4v) is 1.10. The Kier molecular flexibility index (Phi) is 4.96. The minimum absolute atomic E-state index is 0. The van der Waals surface area contributed by atoms with Crippen molar-refractivity contribution < 1.29 is 14.6 Å². The van der Waals surface area contributed by atoms with Crippen molar-refractivity contribution in [3.63, 3.8) is 0 Å². The Labute approximate surface area is 76.9 Å². The second-order valence-electron chi connectivity index (χ2n) is 2.44. The van der Waals surface area contributed by atoms with Crippen LogP contribution in [-0.4, -0.2) is 48.4 Å². The summed E-state index contributed by atoms with van der Waals surface area (Å²) in [4.78, 5) is 11.9. The molecule has 1 aliphatic rings. The van der Waals surface area contributed by atoms with Gasteiger partial charge >= 0.3 is 6.09 Å². The highest BCUT2D eigenvalue weighted by Crippen LogP contribution is 2.04. The molecule has 1 unspecified atom stereocenters. The first-order valence-electron chi connectivity index (χ1n) is 3.53. The SMILES string of the molecule is Cl.NCC1COCCN1C(=O)O. The van der Waals surface area contributed by atoms with Gasteiger partial charge in [-0.2, -0.15) is 0 Å². The molecule has 3 N–H and O–H groups in total. The predicted molar refractivity (Wildman–Crippen MR) is 45.6 cm³/mol. The van der Waals surface area contributed by atoms with Crippen LogP contribution < -0.4 is 5.73 Å². The number of nitrogens with two attached hydrogens (primary N) is 1. The summed E-state index contributed by atoms with van der Waals surface area (Å²) in [5.41, 5.74) is 5.35. The Balaban J connectivity index is 0.00000121. The Morgan fingerprint density at radius 1 is 1.75 bits per heavy atom. The van der Waals surface area contributed by atoms with Gasteiger partial charge in [0.2, 0.25) is 0 Å². The lowest BCUT2D eigenvalue weighted by Crippen LogP contribution is -2.51. The van der Waals surface area contributed by atoms with Gasteiger partial charge in [-0.1, -0.05) is 0 Å². The molecule has 0 aromatic rings. The van der Waals surface area contributed by atoms with Crippen molar-refractivity contribution in [2.24, 2.45) is 5.73 Å². The van der Waals surface area contributed by atoms with Crippen molar-refractivity contribution in [2.75, 3.05) is 26.3 Å². The number of morpholine rings is 1. The summed E-state index contributed by atoms with van der Waals surface area (Å²) in [5, 5.41) is 8.65. The summed E-state index contributed by atoms with van der Waals surface area (Å²) < 4.78 is 5.07. The van der Waals surface area contributed by atoms with E-state index in [1.807, 2.05) is 0 Å². The van der Waals surface area contributed by atoms with Crippen LogP contribution in [0.2, 0.25) is 0 Å². The third-order valence-electron chi connectivity index (χ3n) is 1.75. The smallest absolute Gasteiger partial charge is 0.407 e. The normalized spacial score (nSPS) is 23.1. The highest BCUT2D eigenvalue weighted by atomic mass is 35.5. The lowest BCUT2D eigenvalue weighted by molar-refractivity contribution is 0.00314. The molecule has 0 saturated carbocycles. The van der Waals surface area contributed by atoms with E-state index in [1.165, 1.54) is 4.90 Å². The molecule has 6 heteroatoms. The lowest BCUT2D eigenvalue weighted by atomic mass is 10.2. The summed E-state index contributed by atoms with van der Waals surface area (Å²) in [5.74, 6) is 0. The van der Waals surface area contributed by atoms with Gasteiger partial charge in [0.25, 0.3) is 0 Å². The largest absolute Gasteiger partial charge is 0.465 e. The minimum Gasteiger partial charge on any atom is -0.465 e. The van der Waals surface area contributed by atoms with Gasteiger partial charge in [0.1, 0.15) is 0 Å². The van der Waals surface area contributed by atoms with E-state index in [2.05, 4.69) is 0 Å². The van der Waals surface area contributed by atoms with Gasteiger partial charge in [0.15, 0.2) is 0 Å². The maximum atomic E-state index is 10.5. The minimum atomic E-state index is -0.913. The fourth-order valence-electron chi connectivity index (χ4n) is 1.10. The Hall–Kier alpha value is -0.520. The van der Waals surface area contributed by atoms with Crippen molar-refractivity contribution in [3.05, 3.63) is 0 Å². The zero-order valence-corrected chi connectivity index (χ0v) is 7.42. The van der Waals surface area contributed by atoms with Gasteiger partial charge in [-0.15, -0.1) is 12.4 Å². The van der Waals surface area contributed by atoms with Crippen LogP contribution in [0.25, 0.3) is 0 Å². The number of halogens is 1. The number of rotatable bonds is 1.